The van der Waals surface area contributed by atoms with Gasteiger partial charge in [-0.2, -0.15) is 0 Å². The molecule has 19 heavy (non-hydrogen) atoms. The highest BCUT2D eigenvalue weighted by molar-refractivity contribution is 5.85. The molecule has 1 atom stereocenters. The molecule has 0 bridgehead atoms. The van der Waals surface area contributed by atoms with Gasteiger partial charge in [0.05, 0.1) is 11.7 Å². The maximum Gasteiger partial charge on any atom is 0.241 e. The van der Waals surface area contributed by atoms with Crippen molar-refractivity contribution in [2.24, 2.45) is 0 Å². The second-order valence-electron chi connectivity index (χ2n) is 5.79. The lowest BCUT2D eigenvalue weighted by Crippen LogP contribution is -2.47. The van der Waals surface area contributed by atoms with E-state index in [1.807, 2.05) is 23.1 Å². The molecular weight excluding hydrogens is 236 g/mol. The van der Waals surface area contributed by atoms with Crippen molar-refractivity contribution in [3.63, 3.8) is 0 Å². The fraction of sp³-hybridized carbons (Fsp3) is 0.562. The minimum atomic E-state index is -0.230. The molecule has 0 spiro atoms. The van der Waals surface area contributed by atoms with Gasteiger partial charge in [0.2, 0.25) is 5.91 Å². The fourth-order valence-electron chi connectivity index (χ4n) is 2.72. The lowest BCUT2D eigenvalue weighted by Gasteiger charge is -2.31. The van der Waals surface area contributed by atoms with E-state index in [4.69, 9.17) is 0 Å². The van der Waals surface area contributed by atoms with Crippen LogP contribution in [0.25, 0.3) is 0 Å². The summed E-state index contributed by atoms with van der Waals surface area (Å²) in [4.78, 5) is 14.5. The topological polar surface area (TPSA) is 32.3 Å². The summed E-state index contributed by atoms with van der Waals surface area (Å²) in [6.45, 7) is 7.18. The summed E-state index contributed by atoms with van der Waals surface area (Å²) in [5.74, 6) is 0.238. The summed E-state index contributed by atoms with van der Waals surface area (Å²) in [6.07, 6.45) is 2.95. The van der Waals surface area contributed by atoms with Crippen LogP contribution in [0.15, 0.2) is 30.3 Å². The van der Waals surface area contributed by atoms with Crippen molar-refractivity contribution in [1.82, 2.24) is 10.2 Å². The summed E-state index contributed by atoms with van der Waals surface area (Å²) in [6, 6.07) is 10.1. The summed E-state index contributed by atoms with van der Waals surface area (Å²) in [5, 5.41) is 3.46. The van der Waals surface area contributed by atoms with E-state index in [2.05, 4.69) is 38.2 Å². The van der Waals surface area contributed by atoms with Gasteiger partial charge in [-0.3, -0.25) is 10.1 Å². The Bertz CT molecular complexity index is 428. The molecule has 0 unspecified atom stereocenters. The van der Waals surface area contributed by atoms with Gasteiger partial charge < -0.3 is 4.90 Å². The molecule has 104 valence electrons. The lowest BCUT2D eigenvalue weighted by atomic mass is 10.1. The van der Waals surface area contributed by atoms with E-state index in [9.17, 15) is 4.79 Å². The number of unbranched alkanes of at least 4 members (excludes halogenated alkanes) is 1. The monoisotopic (exact) mass is 260 g/mol. The summed E-state index contributed by atoms with van der Waals surface area (Å²) in [7, 11) is 0. The SMILES string of the molecule is CCCCN1C(=O)[C@@H](Cc2ccccc2)NC1(C)C. The first-order chi connectivity index (χ1) is 9.04. The third-order valence-electron chi connectivity index (χ3n) is 3.78. The third kappa shape index (κ3) is 3.16. The fourth-order valence-corrected chi connectivity index (χ4v) is 2.72. The Balaban J connectivity index is 2.06. The molecule has 1 heterocycles. The van der Waals surface area contributed by atoms with E-state index in [1.165, 1.54) is 5.56 Å². The molecule has 1 aliphatic rings. The molecule has 1 saturated heterocycles. The molecule has 1 aromatic carbocycles. The molecule has 0 aliphatic carbocycles. The lowest BCUT2D eigenvalue weighted by molar-refractivity contribution is -0.131. The van der Waals surface area contributed by atoms with Crippen molar-refractivity contribution < 1.29 is 4.79 Å². The van der Waals surface area contributed by atoms with Crippen molar-refractivity contribution >= 4 is 5.91 Å². The molecule has 1 amide bonds. The molecule has 0 radical (unpaired) electrons. The van der Waals surface area contributed by atoms with Crippen LogP contribution in [0.5, 0.6) is 0 Å². The van der Waals surface area contributed by atoms with Gasteiger partial charge in [-0.1, -0.05) is 43.7 Å². The van der Waals surface area contributed by atoms with Crippen LogP contribution < -0.4 is 5.32 Å². The predicted molar refractivity (Wildman–Crippen MR) is 77.8 cm³/mol. The smallest absolute Gasteiger partial charge is 0.241 e. The molecular formula is C16H24N2O. The van der Waals surface area contributed by atoms with Crippen molar-refractivity contribution in [2.75, 3.05) is 6.54 Å². The average Bonchev–Trinajstić information content (AvgIpc) is 2.59. The zero-order valence-electron chi connectivity index (χ0n) is 12.1. The van der Waals surface area contributed by atoms with Gasteiger partial charge in [0, 0.05) is 6.54 Å². The third-order valence-corrected chi connectivity index (χ3v) is 3.78. The van der Waals surface area contributed by atoms with Crippen molar-refractivity contribution in [3.05, 3.63) is 35.9 Å². The molecule has 1 aromatic rings. The Morgan fingerprint density at radius 3 is 2.58 bits per heavy atom. The van der Waals surface area contributed by atoms with Crippen molar-refractivity contribution in [1.29, 1.82) is 0 Å². The van der Waals surface area contributed by atoms with Crippen LogP contribution in [0.2, 0.25) is 0 Å². The normalized spacial score (nSPS) is 21.9. The van der Waals surface area contributed by atoms with Gasteiger partial charge in [0.1, 0.15) is 0 Å². The number of hydrogen-bond donors (Lipinski definition) is 1. The minimum absolute atomic E-state index is 0.0887. The van der Waals surface area contributed by atoms with Crippen molar-refractivity contribution in [2.45, 2.75) is 51.7 Å². The number of carbonyl (C=O) groups is 1. The van der Waals surface area contributed by atoms with Crippen LogP contribution in [-0.2, 0) is 11.2 Å². The average molecular weight is 260 g/mol. The summed E-state index contributed by atoms with van der Waals surface area (Å²) < 4.78 is 0. The Kier molecular flexibility index (Phi) is 4.25. The van der Waals surface area contributed by atoms with Crippen LogP contribution in [0.1, 0.15) is 39.2 Å². The molecule has 1 N–H and O–H groups in total. The van der Waals surface area contributed by atoms with E-state index in [0.717, 1.165) is 25.8 Å². The number of hydrogen-bond acceptors (Lipinski definition) is 2. The first-order valence-corrected chi connectivity index (χ1v) is 7.17. The highest BCUT2D eigenvalue weighted by atomic mass is 16.2. The largest absolute Gasteiger partial charge is 0.324 e. The molecule has 1 aliphatic heterocycles. The van der Waals surface area contributed by atoms with Gasteiger partial charge >= 0.3 is 0 Å². The standard InChI is InChI=1S/C16H24N2O/c1-4-5-11-18-15(19)14(17-16(18,2)3)12-13-9-7-6-8-10-13/h6-10,14,17H,4-5,11-12H2,1-3H3/t14-/m1/s1. The van der Waals surface area contributed by atoms with Crippen LogP contribution in [0.4, 0.5) is 0 Å². The highest BCUT2D eigenvalue weighted by Crippen LogP contribution is 2.23. The Hall–Kier alpha value is -1.35. The van der Waals surface area contributed by atoms with Crippen LogP contribution in [0.3, 0.4) is 0 Å². The van der Waals surface area contributed by atoms with Crippen LogP contribution in [0, 0.1) is 0 Å². The first kappa shape index (κ1) is 14.1. The van der Waals surface area contributed by atoms with E-state index in [1.54, 1.807) is 0 Å². The zero-order chi connectivity index (χ0) is 13.9. The van der Waals surface area contributed by atoms with Crippen LogP contribution in [-0.4, -0.2) is 29.1 Å². The molecule has 3 nitrogen and oxygen atoms in total. The zero-order valence-corrected chi connectivity index (χ0v) is 12.1. The second-order valence-corrected chi connectivity index (χ2v) is 5.79. The number of nitrogens with zero attached hydrogens (tertiary/aromatic N) is 1. The molecule has 0 saturated carbocycles. The Morgan fingerprint density at radius 2 is 1.95 bits per heavy atom. The summed E-state index contributed by atoms with van der Waals surface area (Å²) in [5.41, 5.74) is 0.979. The number of rotatable bonds is 5. The molecule has 3 heteroatoms. The number of amides is 1. The quantitative estimate of drug-likeness (QED) is 0.882. The second kappa shape index (κ2) is 5.74. The van der Waals surface area contributed by atoms with Gasteiger partial charge in [0.15, 0.2) is 0 Å². The van der Waals surface area contributed by atoms with Gasteiger partial charge in [-0.05, 0) is 32.3 Å². The number of benzene rings is 1. The summed E-state index contributed by atoms with van der Waals surface area (Å²) >= 11 is 0. The van der Waals surface area contributed by atoms with E-state index in [0.29, 0.717) is 0 Å². The van der Waals surface area contributed by atoms with Gasteiger partial charge in [0.25, 0.3) is 0 Å². The first-order valence-electron chi connectivity index (χ1n) is 7.17. The van der Waals surface area contributed by atoms with E-state index < -0.39 is 0 Å². The van der Waals surface area contributed by atoms with Crippen LogP contribution >= 0.6 is 0 Å². The molecule has 1 fully saturated rings. The van der Waals surface area contributed by atoms with Gasteiger partial charge in [-0.25, -0.2) is 0 Å². The number of nitrogens with one attached hydrogen (secondary N) is 1. The maximum atomic E-state index is 12.5. The van der Waals surface area contributed by atoms with E-state index >= 15 is 0 Å². The predicted octanol–water partition coefficient (Wildman–Crippen LogP) is 2.57. The highest BCUT2D eigenvalue weighted by Gasteiger charge is 2.43. The number of carbonyl (C=O) groups excluding carboxylic acids is 1. The maximum absolute atomic E-state index is 12.5. The molecule has 0 aromatic heterocycles. The Morgan fingerprint density at radius 1 is 1.26 bits per heavy atom. The van der Waals surface area contributed by atoms with Crippen molar-refractivity contribution in [3.8, 4) is 0 Å². The van der Waals surface area contributed by atoms with E-state index in [-0.39, 0.29) is 17.6 Å². The molecule has 2 rings (SSSR count). The minimum Gasteiger partial charge on any atom is -0.324 e. The van der Waals surface area contributed by atoms with Gasteiger partial charge in [-0.15, -0.1) is 0 Å². The Labute approximate surface area is 116 Å².